The number of fused-ring (bicyclic) bond motifs is 1. The molecule has 0 spiro atoms. The molecule has 0 atom stereocenters. The van der Waals surface area contributed by atoms with Gasteiger partial charge in [0, 0.05) is 24.3 Å². The predicted octanol–water partition coefficient (Wildman–Crippen LogP) is 2.60. The summed E-state index contributed by atoms with van der Waals surface area (Å²) in [6.07, 6.45) is 7.38. The lowest BCUT2D eigenvalue weighted by Crippen LogP contribution is -1.93. The van der Waals surface area contributed by atoms with Crippen molar-refractivity contribution in [2.24, 2.45) is 0 Å². The number of nitrogens with zero attached hydrogens (tertiary/aromatic N) is 6. The van der Waals surface area contributed by atoms with Crippen molar-refractivity contribution >= 4 is 17.5 Å². The number of aromatic nitrogens is 6. The monoisotopic (exact) mass is 308 g/mol. The Balaban J connectivity index is 1.49. The summed E-state index contributed by atoms with van der Waals surface area (Å²) in [5.74, 6) is 1.42. The van der Waals surface area contributed by atoms with Crippen LogP contribution in [0.4, 0.5) is 0 Å². The summed E-state index contributed by atoms with van der Waals surface area (Å²) < 4.78 is 3.68. The van der Waals surface area contributed by atoms with E-state index in [1.807, 2.05) is 53.2 Å². The Morgan fingerprint density at radius 1 is 1.05 bits per heavy atom. The van der Waals surface area contributed by atoms with Crippen LogP contribution < -0.4 is 0 Å². The van der Waals surface area contributed by atoms with Crippen LogP contribution in [-0.2, 0) is 5.75 Å². The van der Waals surface area contributed by atoms with Crippen LogP contribution in [0.15, 0.2) is 66.5 Å². The van der Waals surface area contributed by atoms with Gasteiger partial charge < -0.3 is 0 Å². The molecule has 0 N–H and O–H groups in total. The van der Waals surface area contributed by atoms with Gasteiger partial charge in [-0.2, -0.15) is 0 Å². The quantitative estimate of drug-likeness (QED) is 0.542. The number of benzene rings is 1. The van der Waals surface area contributed by atoms with E-state index >= 15 is 0 Å². The lowest BCUT2D eigenvalue weighted by atomic mass is 10.3. The van der Waals surface area contributed by atoms with Gasteiger partial charge in [-0.15, -0.1) is 5.10 Å². The zero-order valence-corrected chi connectivity index (χ0v) is 12.4. The molecule has 0 aliphatic carbocycles. The van der Waals surface area contributed by atoms with Crippen LogP contribution in [0, 0.1) is 0 Å². The molecule has 22 heavy (non-hydrogen) atoms. The Morgan fingerprint density at radius 3 is 2.82 bits per heavy atom. The molecule has 3 aromatic heterocycles. The molecular formula is C15H12N6S. The average Bonchev–Trinajstić information content (AvgIpc) is 3.20. The molecule has 0 saturated carbocycles. The SMILES string of the molecule is c1ccc(-n2cnc(SCc3cn4cccnc4n3)n2)cc1. The van der Waals surface area contributed by atoms with Gasteiger partial charge in [0.1, 0.15) is 6.33 Å². The van der Waals surface area contributed by atoms with Gasteiger partial charge >= 0.3 is 0 Å². The Hall–Kier alpha value is -2.67. The Morgan fingerprint density at radius 2 is 1.95 bits per heavy atom. The third-order valence-electron chi connectivity index (χ3n) is 3.13. The van der Waals surface area contributed by atoms with Crippen molar-refractivity contribution in [1.29, 1.82) is 0 Å². The average molecular weight is 308 g/mol. The van der Waals surface area contributed by atoms with Crippen molar-refractivity contribution in [2.45, 2.75) is 10.9 Å². The van der Waals surface area contributed by atoms with E-state index in [0.29, 0.717) is 11.5 Å². The number of hydrogen-bond acceptors (Lipinski definition) is 5. The first-order chi connectivity index (χ1) is 10.9. The number of imidazole rings is 1. The van der Waals surface area contributed by atoms with Crippen LogP contribution in [0.5, 0.6) is 0 Å². The van der Waals surface area contributed by atoms with Crippen molar-refractivity contribution < 1.29 is 0 Å². The molecule has 0 radical (unpaired) electrons. The fraction of sp³-hybridized carbons (Fsp3) is 0.0667. The van der Waals surface area contributed by atoms with Gasteiger partial charge in [0.15, 0.2) is 0 Å². The van der Waals surface area contributed by atoms with Gasteiger partial charge in [0.2, 0.25) is 10.9 Å². The molecule has 6 nitrogen and oxygen atoms in total. The predicted molar refractivity (Wildman–Crippen MR) is 83.9 cm³/mol. The third-order valence-corrected chi connectivity index (χ3v) is 4.01. The second-order valence-corrected chi connectivity index (χ2v) is 5.60. The highest BCUT2D eigenvalue weighted by Gasteiger charge is 2.06. The molecule has 0 fully saturated rings. The zero-order chi connectivity index (χ0) is 14.8. The van der Waals surface area contributed by atoms with Gasteiger partial charge in [-0.25, -0.2) is 19.6 Å². The Labute approximate surface area is 130 Å². The van der Waals surface area contributed by atoms with Crippen LogP contribution in [-0.4, -0.2) is 29.1 Å². The number of para-hydroxylation sites is 1. The molecule has 3 heterocycles. The Kier molecular flexibility index (Phi) is 3.32. The van der Waals surface area contributed by atoms with Crippen molar-refractivity contribution in [2.75, 3.05) is 0 Å². The minimum atomic E-state index is 0.709. The molecule has 108 valence electrons. The Bertz CT molecular complexity index is 865. The highest BCUT2D eigenvalue weighted by molar-refractivity contribution is 7.98. The molecule has 0 aliphatic heterocycles. The summed E-state index contributed by atoms with van der Waals surface area (Å²) >= 11 is 1.56. The smallest absolute Gasteiger partial charge is 0.233 e. The first kappa shape index (κ1) is 13.0. The van der Waals surface area contributed by atoms with E-state index in [1.54, 1.807) is 29.0 Å². The summed E-state index contributed by atoms with van der Waals surface area (Å²) in [5.41, 5.74) is 1.96. The molecule has 0 saturated heterocycles. The van der Waals surface area contributed by atoms with Gasteiger partial charge in [-0.05, 0) is 18.2 Å². The molecule has 4 aromatic rings. The van der Waals surface area contributed by atoms with E-state index in [2.05, 4.69) is 20.1 Å². The minimum absolute atomic E-state index is 0.709. The topological polar surface area (TPSA) is 60.9 Å². The van der Waals surface area contributed by atoms with Gasteiger partial charge in [-0.3, -0.25) is 4.40 Å². The van der Waals surface area contributed by atoms with Crippen molar-refractivity contribution in [3.05, 3.63) is 67.0 Å². The van der Waals surface area contributed by atoms with Crippen LogP contribution in [0.25, 0.3) is 11.5 Å². The maximum atomic E-state index is 4.47. The standard InChI is InChI=1S/C15H12N6S/c1-2-5-13(6-3-1)21-11-17-15(19-21)22-10-12-9-20-8-4-7-16-14(20)18-12/h1-9,11H,10H2. The highest BCUT2D eigenvalue weighted by atomic mass is 32.2. The second-order valence-electron chi connectivity index (χ2n) is 4.66. The lowest BCUT2D eigenvalue weighted by molar-refractivity contribution is 0.834. The summed E-state index contributed by atoms with van der Waals surface area (Å²) in [6, 6.07) is 11.8. The van der Waals surface area contributed by atoms with Crippen LogP contribution in [0.1, 0.15) is 5.69 Å². The normalized spacial score (nSPS) is 11.1. The summed E-state index contributed by atoms with van der Waals surface area (Å²) in [5, 5.41) is 5.20. The fourth-order valence-electron chi connectivity index (χ4n) is 2.11. The first-order valence-electron chi connectivity index (χ1n) is 6.77. The van der Waals surface area contributed by atoms with E-state index < -0.39 is 0 Å². The molecule has 0 amide bonds. The minimum Gasteiger partial charge on any atom is -0.291 e. The summed E-state index contributed by atoms with van der Waals surface area (Å²) in [4.78, 5) is 13.0. The zero-order valence-electron chi connectivity index (χ0n) is 11.6. The molecule has 0 unspecified atom stereocenters. The number of thioether (sulfide) groups is 1. The van der Waals surface area contributed by atoms with E-state index in [0.717, 1.165) is 16.5 Å². The lowest BCUT2D eigenvalue weighted by Gasteiger charge is -1.97. The first-order valence-corrected chi connectivity index (χ1v) is 7.75. The number of rotatable bonds is 4. The van der Waals surface area contributed by atoms with E-state index in [9.17, 15) is 0 Å². The van der Waals surface area contributed by atoms with Crippen LogP contribution >= 0.6 is 11.8 Å². The maximum Gasteiger partial charge on any atom is 0.233 e. The van der Waals surface area contributed by atoms with Gasteiger partial charge in [0.05, 0.1) is 11.4 Å². The molecule has 1 aromatic carbocycles. The van der Waals surface area contributed by atoms with Crippen molar-refractivity contribution in [3.8, 4) is 5.69 Å². The summed E-state index contributed by atoms with van der Waals surface area (Å²) in [6.45, 7) is 0. The van der Waals surface area contributed by atoms with Crippen LogP contribution in [0.2, 0.25) is 0 Å². The largest absolute Gasteiger partial charge is 0.291 e. The molecule has 0 bridgehead atoms. The van der Waals surface area contributed by atoms with Gasteiger partial charge in [0.25, 0.3) is 0 Å². The molecule has 4 rings (SSSR count). The van der Waals surface area contributed by atoms with E-state index in [-0.39, 0.29) is 0 Å². The third kappa shape index (κ3) is 2.58. The van der Waals surface area contributed by atoms with Gasteiger partial charge in [-0.1, -0.05) is 30.0 Å². The van der Waals surface area contributed by atoms with Crippen molar-refractivity contribution in [3.63, 3.8) is 0 Å². The fourth-order valence-corrected chi connectivity index (χ4v) is 2.79. The molecule has 0 aliphatic rings. The number of hydrogen-bond donors (Lipinski definition) is 0. The maximum absolute atomic E-state index is 4.47. The molecular weight excluding hydrogens is 296 g/mol. The summed E-state index contributed by atoms with van der Waals surface area (Å²) in [7, 11) is 0. The van der Waals surface area contributed by atoms with E-state index in [4.69, 9.17) is 0 Å². The van der Waals surface area contributed by atoms with Crippen LogP contribution in [0.3, 0.4) is 0 Å². The van der Waals surface area contributed by atoms with E-state index in [1.165, 1.54) is 0 Å². The second kappa shape index (κ2) is 5.61. The molecule has 7 heteroatoms. The van der Waals surface area contributed by atoms with Crippen molar-refractivity contribution in [1.82, 2.24) is 29.1 Å². The highest BCUT2D eigenvalue weighted by Crippen LogP contribution is 2.19.